The van der Waals surface area contributed by atoms with Crippen LogP contribution in [0, 0.1) is 6.92 Å². The van der Waals surface area contributed by atoms with Gasteiger partial charge in [0.25, 0.3) is 5.91 Å². The second kappa shape index (κ2) is 7.44. The number of nitrogens with one attached hydrogen (secondary N) is 2. The predicted octanol–water partition coefficient (Wildman–Crippen LogP) is 1.94. The first-order valence-electron chi connectivity index (χ1n) is 6.34. The van der Waals surface area contributed by atoms with E-state index in [-0.39, 0.29) is 11.7 Å². The van der Waals surface area contributed by atoms with Gasteiger partial charge in [0.2, 0.25) is 5.91 Å². The summed E-state index contributed by atoms with van der Waals surface area (Å²) in [5.41, 5.74) is 6.29. The van der Waals surface area contributed by atoms with Crippen molar-refractivity contribution in [3.05, 3.63) is 59.9 Å². The van der Waals surface area contributed by atoms with Gasteiger partial charge >= 0.3 is 0 Å². The highest BCUT2D eigenvalue weighted by molar-refractivity contribution is 8.00. The first-order chi connectivity index (χ1) is 10.1. The SMILES string of the molecule is Cc1ccc(SCC(=O)NNC(=O)c2cccnc2)cc1. The van der Waals surface area contributed by atoms with Gasteiger partial charge in [-0.05, 0) is 31.2 Å². The zero-order valence-electron chi connectivity index (χ0n) is 11.5. The molecular weight excluding hydrogens is 286 g/mol. The number of thioether (sulfide) groups is 1. The average molecular weight is 301 g/mol. The van der Waals surface area contributed by atoms with Crippen molar-refractivity contribution in [1.29, 1.82) is 0 Å². The number of nitrogens with zero attached hydrogens (tertiary/aromatic N) is 1. The molecule has 0 saturated carbocycles. The molecule has 0 atom stereocenters. The molecule has 0 spiro atoms. The van der Waals surface area contributed by atoms with Gasteiger partial charge in [0, 0.05) is 17.3 Å². The molecule has 5 nitrogen and oxygen atoms in total. The molecule has 2 amide bonds. The Morgan fingerprint density at radius 3 is 2.57 bits per heavy atom. The van der Waals surface area contributed by atoms with Crippen LogP contribution in [0.15, 0.2) is 53.7 Å². The molecule has 21 heavy (non-hydrogen) atoms. The second-order valence-corrected chi connectivity index (χ2v) is 5.39. The molecule has 0 unspecified atom stereocenters. The standard InChI is InChI=1S/C15H15N3O2S/c1-11-4-6-13(7-5-11)21-10-14(19)17-18-15(20)12-3-2-8-16-9-12/h2-9H,10H2,1H3,(H,17,19)(H,18,20). The van der Waals surface area contributed by atoms with Crippen LogP contribution in [0.25, 0.3) is 0 Å². The van der Waals surface area contributed by atoms with Crippen molar-refractivity contribution >= 4 is 23.6 Å². The van der Waals surface area contributed by atoms with Gasteiger partial charge in [-0.2, -0.15) is 0 Å². The van der Waals surface area contributed by atoms with E-state index in [1.165, 1.54) is 23.5 Å². The van der Waals surface area contributed by atoms with Crippen molar-refractivity contribution in [1.82, 2.24) is 15.8 Å². The third-order valence-electron chi connectivity index (χ3n) is 2.63. The van der Waals surface area contributed by atoms with Crippen molar-refractivity contribution < 1.29 is 9.59 Å². The third kappa shape index (κ3) is 4.92. The number of pyridine rings is 1. The summed E-state index contributed by atoms with van der Waals surface area (Å²) >= 11 is 1.41. The lowest BCUT2D eigenvalue weighted by molar-refractivity contribution is -0.119. The number of aryl methyl sites for hydroxylation is 1. The summed E-state index contributed by atoms with van der Waals surface area (Å²) in [5.74, 6) is -0.425. The Hall–Kier alpha value is -2.34. The maximum atomic E-state index is 11.7. The smallest absolute Gasteiger partial charge is 0.271 e. The molecule has 0 aliphatic rings. The molecule has 2 N–H and O–H groups in total. The summed E-state index contributed by atoms with van der Waals surface area (Å²) < 4.78 is 0. The Morgan fingerprint density at radius 1 is 1.14 bits per heavy atom. The molecule has 0 aliphatic carbocycles. The van der Waals surface area contributed by atoms with Gasteiger partial charge in [-0.15, -0.1) is 11.8 Å². The van der Waals surface area contributed by atoms with Gasteiger partial charge in [0.05, 0.1) is 11.3 Å². The summed E-state index contributed by atoms with van der Waals surface area (Å²) in [4.78, 5) is 28.2. The van der Waals surface area contributed by atoms with Crippen molar-refractivity contribution in [2.45, 2.75) is 11.8 Å². The number of rotatable bonds is 4. The lowest BCUT2D eigenvalue weighted by atomic mass is 10.2. The maximum absolute atomic E-state index is 11.7. The van der Waals surface area contributed by atoms with E-state index in [1.807, 2.05) is 31.2 Å². The number of carbonyl (C=O) groups excluding carboxylic acids is 2. The first kappa shape index (κ1) is 15.1. The highest BCUT2D eigenvalue weighted by atomic mass is 32.2. The minimum atomic E-state index is -0.392. The van der Waals surface area contributed by atoms with Crippen LogP contribution in [0.3, 0.4) is 0 Å². The van der Waals surface area contributed by atoms with Crippen molar-refractivity contribution in [2.24, 2.45) is 0 Å². The summed E-state index contributed by atoms with van der Waals surface area (Å²) in [6, 6.07) is 11.2. The number of hydrogen-bond acceptors (Lipinski definition) is 4. The van der Waals surface area contributed by atoms with Gasteiger partial charge in [-0.1, -0.05) is 17.7 Å². The highest BCUT2D eigenvalue weighted by Crippen LogP contribution is 2.17. The van der Waals surface area contributed by atoms with Gasteiger partial charge in [0.1, 0.15) is 0 Å². The minimum absolute atomic E-state index is 0.233. The Labute approximate surface area is 127 Å². The molecule has 6 heteroatoms. The lowest BCUT2D eigenvalue weighted by Gasteiger charge is -2.07. The molecule has 0 radical (unpaired) electrons. The van der Waals surface area contributed by atoms with E-state index >= 15 is 0 Å². The quantitative estimate of drug-likeness (QED) is 0.669. The zero-order chi connectivity index (χ0) is 15.1. The van der Waals surface area contributed by atoms with Crippen LogP contribution in [0.5, 0.6) is 0 Å². The van der Waals surface area contributed by atoms with Gasteiger partial charge in [-0.25, -0.2) is 0 Å². The van der Waals surface area contributed by atoms with E-state index in [0.717, 1.165) is 4.90 Å². The van der Waals surface area contributed by atoms with E-state index in [2.05, 4.69) is 15.8 Å². The topological polar surface area (TPSA) is 71.1 Å². The van der Waals surface area contributed by atoms with E-state index < -0.39 is 5.91 Å². The Morgan fingerprint density at radius 2 is 1.90 bits per heavy atom. The molecule has 0 saturated heterocycles. The average Bonchev–Trinajstić information content (AvgIpc) is 2.53. The molecule has 1 aromatic heterocycles. The van der Waals surface area contributed by atoms with Crippen LogP contribution in [0.1, 0.15) is 15.9 Å². The molecule has 0 aliphatic heterocycles. The van der Waals surface area contributed by atoms with Crippen molar-refractivity contribution in [2.75, 3.05) is 5.75 Å². The first-order valence-corrected chi connectivity index (χ1v) is 7.32. The van der Waals surface area contributed by atoms with E-state index in [9.17, 15) is 9.59 Å². The highest BCUT2D eigenvalue weighted by Gasteiger charge is 2.07. The van der Waals surface area contributed by atoms with E-state index in [4.69, 9.17) is 0 Å². The molecular formula is C15H15N3O2S. The Bertz CT molecular complexity index is 615. The van der Waals surface area contributed by atoms with E-state index in [1.54, 1.807) is 18.3 Å². The molecule has 108 valence electrons. The molecule has 2 rings (SSSR count). The molecule has 0 fully saturated rings. The summed E-state index contributed by atoms with van der Waals surface area (Å²) in [6.07, 6.45) is 3.01. The van der Waals surface area contributed by atoms with Crippen molar-refractivity contribution in [3.63, 3.8) is 0 Å². The van der Waals surface area contributed by atoms with Crippen LogP contribution in [-0.2, 0) is 4.79 Å². The van der Waals surface area contributed by atoms with Crippen LogP contribution < -0.4 is 10.9 Å². The number of benzene rings is 1. The van der Waals surface area contributed by atoms with Gasteiger partial charge < -0.3 is 0 Å². The van der Waals surface area contributed by atoms with Crippen LogP contribution in [-0.4, -0.2) is 22.6 Å². The van der Waals surface area contributed by atoms with Crippen LogP contribution >= 0.6 is 11.8 Å². The number of carbonyl (C=O) groups is 2. The molecule has 0 bridgehead atoms. The summed E-state index contributed by atoms with van der Waals surface area (Å²) in [5, 5.41) is 0. The number of amides is 2. The van der Waals surface area contributed by atoms with Crippen LogP contribution in [0.4, 0.5) is 0 Å². The summed E-state index contributed by atoms with van der Waals surface area (Å²) in [6.45, 7) is 2.01. The lowest BCUT2D eigenvalue weighted by Crippen LogP contribution is -2.42. The number of hydrazine groups is 1. The maximum Gasteiger partial charge on any atom is 0.271 e. The molecule has 1 aromatic carbocycles. The minimum Gasteiger partial charge on any atom is -0.272 e. The summed E-state index contributed by atoms with van der Waals surface area (Å²) in [7, 11) is 0. The predicted molar refractivity (Wildman–Crippen MR) is 81.7 cm³/mol. The zero-order valence-corrected chi connectivity index (χ0v) is 12.3. The Balaban J connectivity index is 1.75. The third-order valence-corrected chi connectivity index (χ3v) is 3.64. The largest absolute Gasteiger partial charge is 0.272 e. The number of aromatic nitrogens is 1. The second-order valence-electron chi connectivity index (χ2n) is 4.35. The van der Waals surface area contributed by atoms with E-state index in [0.29, 0.717) is 5.56 Å². The van der Waals surface area contributed by atoms with Crippen molar-refractivity contribution in [3.8, 4) is 0 Å². The molecule has 2 aromatic rings. The van der Waals surface area contributed by atoms with Gasteiger partial charge in [-0.3, -0.25) is 25.4 Å². The van der Waals surface area contributed by atoms with Gasteiger partial charge in [0.15, 0.2) is 0 Å². The fourth-order valence-electron chi connectivity index (χ4n) is 1.52. The monoisotopic (exact) mass is 301 g/mol. The normalized spacial score (nSPS) is 9.95. The molecule has 1 heterocycles. The number of hydrogen-bond donors (Lipinski definition) is 2. The fraction of sp³-hybridized carbons (Fsp3) is 0.133. The Kier molecular flexibility index (Phi) is 5.34. The fourth-order valence-corrected chi connectivity index (χ4v) is 2.21. The van der Waals surface area contributed by atoms with Crippen LogP contribution in [0.2, 0.25) is 0 Å².